The second-order valence-electron chi connectivity index (χ2n) is 6.72. The Labute approximate surface area is 186 Å². The first-order chi connectivity index (χ1) is 15.3. The molecule has 32 heavy (non-hydrogen) atoms. The molecule has 1 heterocycles. The van der Waals surface area contributed by atoms with E-state index in [9.17, 15) is 24.1 Å². The van der Waals surface area contributed by atoms with E-state index >= 15 is 0 Å². The number of nitrogens with one attached hydrogen (secondary N) is 2. The van der Waals surface area contributed by atoms with E-state index in [0.717, 1.165) is 11.8 Å². The molecule has 0 saturated heterocycles. The molecule has 0 unspecified atom stereocenters. The Balaban J connectivity index is 1.55. The zero-order valence-electron chi connectivity index (χ0n) is 17.2. The molecule has 12 heteroatoms. The quantitative estimate of drug-likeness (QED) is 0.301. The molecule has 0 aliphatic rings. The Morgan fingerprint density at radius 1 is 1.22 bits per heavy atom. The molecule has 166 valence electrons. The summed E-state index contributed by atoms with van der Waals surface area (Å²) in [4.78, 5) is 34.9. The molecular weight excluding hydrogens is 439 g/mol. The third-order valence-electron chi connectivity index (χ3n) is 4.47. The van der Waals surface area contributed by atoms with Gasteiger partial charge in [-0.25, -0.2) is 4.39 Å². The minimum Gasteiger partial charge on any atom is -0.345 e. The highest BCUT2D eigenvalue weighted by Crippen LogP contribution is 2.23. The van der Waals surface area contributed by atoms with Gasteiger partial charge in [-0.3, -0.25) is 19.7 Å². The molecule has 2 N–H and O–H groups in total. The maximum atomic E-state index is 13.7. The highest BCUT2D eigenvalue weighted by molar-refractivity contribution is 7.99. The molecule has 3 rings (SSSR count). The molecular formula is C20H19FN6O4S. The minimum absolute atomic E-state index is 0.00473. The van der Waals surface area contributed by atoms with Crippen LogP contribution < -0.4 is 10.6 Å². The van der Waals surface area contributed by atoms with Gasteiger partial charge in [0.25, 0.3) is 11.6 Å². The summed E-state index contributed by atoms with van der Waals surface area (Å²) in [5.74, 6) is -1.15. The maximum absolute atomic E-state index is 13.7. The molecule has 0 spiro atoms. The maximum Gasteiger partial charge on any atom is 0.274 e. The zero-order chi connectivity index (χ0) is 23.3. The molecule has 0 radical (unpaired) electrons. The Bertz CT molecular complexity index is 1180. The highest BCUT2D eigenvalue weighted by atomic mass is 32.2. The van der Waals surface area contributed by atoms with Crippen LogP contribution in [0.2, 0.25) is 0 Å². The van der Waals surface area contributed by atoms with Gasteiger partial charge >= 0.3 is 0 Å². The van der Waals surface area contributed by atoms with Crippen LogP contribution in [-0.4, -0.2) is 37.3 Å². The molecule has 0 saturated carbocycles. The van der Waals surface area contributed by atoms with Gasteiger partial charge in [0.1, 0.15) is 5.82 Å². The largest absolute Gasteiger partial charge is 0.345 e. The molecule has 10 nitrogen and oxygen atoms in total. The standard InChI is InChI=1S/C20H19FN6O4S/c1-12-7-8-13(9-16(12)27(30)31)23-18(28)11-32-20-25-24-17(26(20)2)10-22-19(29)14-5-3-4-6-15(14)21/h3-9H,10-11H2,1-2H3,(H,22,29)(H,23,28). The third-order valence-corrected chi connectivity index (χ3v) is 5.49. The molecule has 0 atom stereocenters. The van der Waals surface area contributed by atoms with E-state index in [-0.39, 0.29) is 29.5 Å². The summed E-state index contributed by atoms with van der Waals surface area (Å²) in [6.07, 6.45) is 0. The van der Waals surface area contributed by atoms with Crippen molar-refractivity contribution in [3.8, 4) is 0 Å². The van der Waals surface area contributed by atoms with Crippen LogP contribution in [-0.2, 0) is 18.4 Å². The van der Waals surface area contributed by atoms with Gasteiger partial charge in [0.2, 0.25) is 5.91 Å². The summed E-state index contributed by atoms with van der Waals surface area (Å²) in [5, 5.41) is 24.6. The van der Waals surface area contributed by atoms with Crippen molar-refractivity contribution in [2.45, 2.75) is 18.6 Å². The van der Waals surface area contributed by atoms with Crippen LogP contribution in [0.25, 0.3) is 0 Å². The second-order valence-corrected chi connectivity index (χ2v) is 7.66. The van der Waals surface area contributed by atoms with Crippen LogP contribution in [0.4, 0.5) is 15.8 Å². The lowest BCUT2D eigenvalue weighted by atomic mass is 10.2. The van der Waals surface area contributed by atoms with E-state index in [0.29, 0.717) is 22.2 Å². The average Bonchev–Trinajstić information content (AvgIpc) is 3.11. The Hall–Kier alpha value is -3.80. The van der Waals surface area contributed by atoms with Crippen LogP contribution in [0, 0.1) is 22.9 Å². The van der Waals surface area contributed by atoms with E-state index in [1.54, 1.807) is 36.7 Å². The van der Waals surface area contributed by atoms with Crippen molar-refractivity contribution in [2.24, 2.45) is 7.05 Å². The van der Waals surface area contributed by atoms with E-state index in [2.05, 4.69) is 20.8 Å². The number of rotatable bonds is 8. The predicted molar refractivity (Wildman–Crippen MR) is 116 cm³/mol. The lowest BCUT2D eigenvalue weighted by Gasteiger charge is -2.07. The number of nitro benzene ring substituents is 1. The Kier molecular flexibility index (Phi) is 7.15. The number of benzene rings is 2. The van der Waals surface area contributed by atoms with Crippen LogP contribution in [0.1, 0.15) is 21.7 Å². The van der Waals surface area contributed by atoms with E-state index < -0.39 is 16.6 Å². The van der Waals surface area contributed by atoms with Crippen molar-refractivity contribution >= 4 is 35.0 Å². The topological polar surface area (TPSA) is 132 Å². The average molecular weight is 458 g/mol. The van der Waals surface area contributed by atoms with Crippen molar-refractivity contribution in [2.75, 3.05) is 11.1 Å². The molecule has 2 aromatic carbocycles. The molecule has 0 fully saturated rings. The first-order valence-electron chi connectivity index (χ1n) is 9.35. The molecule has 0 bridgehead atoms. The molecule has 3 aromatic rings. The fraction of sp³-hybridized carbons (Fsp3) is 0.200. The lowest BCUT2D eigenvalue weighted by molar-refractivity contribution is -0.385. The Morgan fingerprint density at radius 3 is 2.69 bits per heavy atom. The van der Waals surface area contributed by atoms with Gasteiger partial charge in [0, 0.05) is 24.4 Å². The van der Waals surface area contributed by atoms with Gasteiger partial charge < -0.3 is 15.2 Å². The molecule has 0 aliphatic carbocycles. The number of aryl methyl sites for hydroxylation is 1. The van der Waals surface area contributed by atoms with E-state index in [4.69, 9.17) is 0 Å². The van der Waals surface area contributed by atoms with Gasteiger partial charge in [0.15, 0.2) is 11.0 Å². The SMILES string of the molecule is Cc1ccc(NC(=O)CSc2nnc(CNC(=O)c3ccccc3F)n2C)cc1[N+](=O)[O-]. The first kappa shape index (κ1) is 22.9. The summed E-state index contributed by atoms with van der Waals surface area (Å²) in [5.41, 5.74) is 0.668. The summed E-state index contributed by atoms with van der Waals surface area (Å²) in [6.45, 7) is 1.64. The number of amides is 2. The summed E-state index contributed by atoms with van der Waals surface area (Å²) in [7, 11) is 1.67. The zero-order valence-corrected chi connectivity index (χ0v) is 18.0. The van der Waals surface area contributed by atoms with Crippen molar-refractivity contribution in [1.29, 1.82) is 0 Å². The van der Waals surface area contributed by atoms with Gasteiger partial charge in [0.05, 0.1) is 22.8 Å². The van der Waals surface area contributed by atoms with Gasteiger partial charge in [-0.1, -0.05) is 30.0 Å². The smallest absolute Gasteiger partial charge is 0.274 e. The fourth-order valence-electron chi connectivity index (χ4n) is 2.74. The predicted octanol–water partition coefficient (Wildman–Crippen LogP) is 2.83. The van der Waals surface area contributed by atoms with Crippen molar-refractivity contribution in [3.05, 3.63) is 75.3 Å². The number of carbonyl (C=O) groups excluding carboxylic acids is 2. The normalized spacial score (nSPS) is 10.6. The van der Waals surface area contributed by atoms with Crippen molar-refractivity contribution < 1.29 is 18.9 Å². The minimum atomic E-state index is -0.621. The molecule has 2 amide bonds. The van der Waals surface area contributed by atoms with Gasteiger partial charge in [-0.2, -0.15) is 0 Å². The highest BCUT2D eigenvalue weighted by Gasteiger charge is 2.16. The summed E-state index contributed by atoms with van der Waals surface area (Å²) < 4.78 is 15.3. The van der Waals surface area contributed by atoms with Crippen LogP contribution in [0.15, 0.2) is 47.6 Å². The number of hydrogen-bond donors (Lipinski definition) is 2. The van der Waals surface area contributed by atoms with Crippen LogP contribution in [0.3, 0.4) is 0 Å². The number of anilines is 1. The lowest BCUT2D eigenvalue weighted by Crippen LogP contribution is -2.25. The van der Waals surface area contributed by atoms with E-state index in [1.807, 2.05) is 0 Å². The van der Waals surface area contributed by atoms with E-state index in [1.165, 1.54) is 24.3 Å². The number of aromatic nitrogens is 3. The number of nitrogens with zero attached hydrogens (tertiary/aromatic N) is 4. The molecule has 0 aliphatic heterocycles. The van der Waals surface area contributed by atoms with Crippen LogP contribution >= 0.6 is 11.8 Å². The molecule has 1 aromatic heterocycles. The fourth-order valence-corrected chi connectivity index (χ4v) is 3.47. The first-order valence-corrected chi connectivity index (χ1v) is 10.3. The van der Waals surface area contributed by atoms with Gasteiger partial charge in [-0.05, 0) is 25.1 Å². The van der Waals surface area contributed by atoms with Gasteiger partial charge in [-0.15, -0.1) is 10.2 Å². The monoisotopic (exact) mass is 458 g/mol. The summed E-state index contributed by atoms with van der Waals surface area (Å²) in [6, 6.07) is 10.1. The Morgan fingerprint density at radius 2 is 1.97 bits per heavy atom. The number of nitro groups is 1. The number of thioether (sulfide) groups is 1. The second kappa shape index (κ2) is 10.0. The number of halogens is 1. The van der Waals surface area contributed by atoms with Crippen molar-refractivity contribution in [1.82, 2.24) is 20.1 Å². The third kappa shape index (κ3) is 5.46. The van der Waals surface area contributed by atoms with Crippen molar-refractivity contribution in [3.63, 3.8) is 0 Å². The number of carbonyl (C=O) groups is 2. The van der Waals surface area contributed by atoms with Crippen LogP contribution in [0.5, 0.6) is 0 Å². The summed E-state index contributed by atoms with van der Waals surface area (Å²) >= 11 is 1.11. The number of hydrogen-bond acceptors (Lipinski definition) is 7.